The normalized spacial score (nSPS) is 10.7. The summed E-state index contributed by atoms with van der Waals surface area (Å²) in [7, 11) is 0. The molecule has 5 heteroatoms. The van der Waals surface area contributed by atoms with E-state index >= 15 is 0 Å². The largest absolute Gasteiger partial charge is 0.487 e. The van der Waals surface area contributed by atoms with Crippen molar-refractivity contribution in [3.63, 3.8) is 0 Å². The second kappa shape index (κ2) is 6.74. The molecule has 0 aliphatic carbocycles. The molecule has 0 saturated carbocycles. The Morgan fingerprint density at radius 3 is 2.81 bits per heavy atom. The molecule has 0 unspecified atom stereocenters. The Morgan fingerprint density at radius 1 is 1.19 bits per heavy atom. The van der Waals surface area contributed by atoms with Gasteiger partial charge in [-0.1, -0.05) is 12.1 Å². The summed E-state index contributed by atoms with van der Waals surface area (Å²) in [4.78, 5) is 8.05. The van der Waals surface area contributed by atoms with Crippen LogP contribution in [0.3, 0.4) is 0 Å². The highest BCUT2D eigenvalue weighted by Gasteiger charge is 1.99. The van der Waals surface area contributed by atoms with Crippen molar-refractivity contribution in [3.8, 4) is 5.75 Å². The minimum Gasteiger partial charge on any atom is -0.487 e. The van der Waals surface area contributed by atoms with Gasteiger partial charge in [0.05, 0.1) is 6.33 Å². The van der Waals surface area contributed by atoms with Gasteiger partial charge in [0.25, 0.3) is 0 Å². The lowest BCUT2D eigenvalue weighted by molar-refractivity contribution is 0.301. The zero-order valence-electron chi connectivity index (χ0n) is 11.7. The standard InChI is InChI=1S/C16H17N3O2/c1(8-19-9-7-17-12-19)2-14-3-5-16(6-4-14)21-11-15-10-20-13-18-15/h3-7,9-10,12-13H,1-2,8,11H2. The molecule has 0 aliphatic rings. The van der Waals surface area contributed by atoms with Crippen molar-refractivity contribution in [1.82, 2.24) is 14.5 Å². The first-order chi connectivity index (χ1) is 10.4. The summed E-state index contributed by atoms with van der Waals surface area (Å²) in [5.74, 6) is 0.844. The molecular formula is C16H17N3O2. The minimum absolute atomic E-state index is 0.427. The van der Waals surface area contributed by atoms with Crippen LogP contribution in [0.1, 0.15) is 17.7 Å². The molecule has 21 heavy (non-hydrogen) atoms. The van der Waals surface area contributed by atoms with Crippen molar-refractivity contribution in [2.45, 2.75) is 26.0 Å². The van der Waals surface area contributed by atoms with Gasteiger partial charge in [-0.05, 0) is 30.5 Å². The van der Waals surface area contributed by atoms with E-state index in [1.807, 2.05) is 24.7 Å². The van der Waals surface area contributed by atoms with Gasteiger partial charge in [0.1, 0.15) is 24.3 Å². The minimum atomic E-state index is 0.427. The van der Waals surface area contributed by atoms with Crippen LogP contribution in [0.4, 0.5) is 0 Å². The van der Waals surface area contributed by atoms with Crippen LogP contribution in [0.15, 0.2) is 60.1 Å². The summed E-state index contributed by atoms with van der Waals surface area (Å²) in [6.07, 6.45) is 10.8. The van der Waals surface area contributed by atoms with Crippen molar-refractivity contribution >= 4 is 0 Å². The average molecular weight is 283 g/mol. The van der Waals surface area contributed by atoms with Gasteiger partial charge in [-0.3, -0.25) is 0 Å². The molecular weight excluding hydrogens is 266 g/mol. The zero-order chi connectivity index (χ0) is 14.3. The molecule has 0 spiro atoms. The molecule has 0 amide bonds. The summed E-state index contributed by atoms with van der Waals surface area (Å²) in [6.45, 7) is 1.42. The topological polar surface area (TPSA) is 53.1 Å². The van der Waals surface area contributed by atoms with E-state index in [2.05, 4.69) is 26.7 Å². The second-order valence-corrected chi connectivity index (χ2v) is 4.82. The van der Waals surface area contributed by atoms with Gasteiger partial charge in [0, 0.05) is 18.9 Å². The highest BCUT2D eigenvalue weighted by molar-refractivity contribution is 5.27. The van der Waals surface area contributed by atoms with Gasteiger partial charge >= 0.3 is 0 Å². The number of oxazole rings is 1. The average Bonchev–Trinajstić information content (AvgIpc) is 3.20. The molecule has 1 aromatic carbocycles. The van der Waals surface area contributed by atoms with Gasteiger partial charge in [0.15, 0.2) is 6.39 Å². The molecule has 3 aromatic rings. The van der Waals surface area contributed by atoms with Crippen molar-refractivity contribution in [1.29, 1.82) is 0 Å². The Labute approximate surface area is 123 Å². The zero-order valence-corrected chi connectivity index (χ0v) is 11.7. The second-order valence-electron chi connectivity index (χ2n) is 4.82. The van der Waals surface area contributed by atoms with Crippen LogP contribution in [0.2, 0.25) is 0 Å². The van der Waals surface area contributed by atoms with E-state index in [0.29, 0.717) is 6.61 Å². The van der Waals surface area contributed by atoms with E-state index < -0.39 is 0 Å². The third-order valence-corrected chi connectivity index (χ3v) is 3.23. The van der Waals surface area contributed by atoms with E-state index in [0.717, 1.165) is 30.8 Å². The first kappa shape index (κ1) is 13.4. The SMILES string of the molecule is c1cn(CCCc2ccc(OCc3cocn3)cc2)cn1. The Balaban J connectivity index is 1.45. The maximum absolute atomic E-state index is 5.63. The number of ether oxygens (including phenoxy) is 1. The lowest BCUT2D eigenvalue weighted by Gasteiger charge is -2.06. The first-order valence-electron chi connectivity index (χ1n) is 6.95. The molecule has 0 bridgehead atoms. The van der Waals surface area contributed by atoms with E-state index in [9.17, 15) is 0 Å². The van der Waals surface area contributed by atoms with Crippen molar-refractivity contribution < 1.29 is 9.15 Å². The third kappa shape index (κ3) is 3.95. The molecule has 3 rings (SSSR count). The van der Waals surface area contributed by atoms with Crippen LogP contribution >= 0.6 is 0 Å². The summed E-state index contributed by atoms with van der Waals surface area (Å²) in [6, 6.07) is 8.19. The number of benzene rings is 1. The quantitative estimate of drug-likeness (QED) is 0.668. The Morgan fingerprint density at radius 2 is 2.10 bits per heavy atom. The third-order valence-electron chi connectivity index (χ3n) is 3.23. The van der Waals surface area contributed by atoms with Crippen LogP contribution in [0.25, 0.3) is 0 Å². The van der Waals surface area contributed by atoms with Gasteiger partial charge in [0.2, 0.25) is 0 Å². The summed E-state index contributed by atoms with van der Waals surface area (Å²) in [5, 5.41) is 0. The van der Waals surface area contributed by atoms with Crippen molar-refractivity contribution in [3.05, 3.63) is 66.9 Å². The van der Waals surface area contributed by atoms with Crippen LogP contribution < -0.4 is 4.74 Å². The Hall–Kier alpha value is -2.56. The van der Waals surface area contributed by atoms with Crippen molar-refractivity contribution in [2.24, 2.45) is 0 Å². The fourth-order valence-corrected chi connectivity index (χ4v) is 2.10. The van der Waals surface area contributed by atoms with Gasteiger partial charge < -0.3 is 13.7 Å². The number of hydrogen-bond donors (Lipinski definition) is 0. The highest BCUT2D eigenvalue weighted by Crippen LogP contribution is 2.15. The molecule has 2 heterocycles. The maximum Gasteiger partial charge on any atom is 0.180 e. The fraction of sp³-hybridized carbons (Fsp3) is 0.250. The maximum atomic E-state index is 5.63. The van der Waals surface area contributed by atoms with Crippen LogP contribution in [-0.2, 0) is 19.6 Å². The number of imidazole rings is 1. The molecule has 0 N–H and O–H groups in total. The monoisotopic (exact) mass is 283 g/mol. The number of rotatable bonds is 7. The predicted molar refractivity (Wildman–Crippen MR) is 77.8 cm³/mol. The molecule has 108 valence electrons. The smallest absolute Gasteiger partial charge is 0.180 e. The molecule has 0 atom stereocenters. The number of aryl methyl sites for hydroxylation is 2. The lowest BCUT2D eigenvalue weighted by atomic mass is 10.1. The highest BCUT2D eigenvalue weighted by atomic mass is 16.5. The fourth-order valence-electron chi connectivity index (χ4n) is 2.10. The Kier molecular flexibility index (Phi) is 4.31. The molecule has 0 fully saturated rings. The Bertz CT molecular complexity index is 631. The lowest BCUT2D eigenvalue weighted by Crippen LogP contribution is -1.97. The molecule has 2 aromatic heterocycles. The summed E-state index contributed by atoms with van der Waals surface area (Å²) < 4.78 is 12.6. The van der Waals surface area contributed by atoms with Crippen molar-refractivity contribution in [2.75, 3.05) is 0 Å². The molecule has 0 aliphatic heterocycles. The molecule has 0 saturated heterocycles. The van der Waals surface area contributed by atoms with E-state index in [1.54, 1.807) is 12.5 Å². The predicted octanol–water partition coefficient (Wildman–Crippen LogP) is 3.08. The van der Waals surface area contributed by atoms with Gasteiger partial charge in [-0.2, -0.15) is 0 Å². The van der Waals surface area contributed by atoms with Gasteiger partial charge in [-0.15, -0.1) is 0 Å². The van der Waals surface area contributed by atoms with Crippen LogP contribution in [-0.4, -0.2) is 14.5 Å². The number of aromatic nitrogens is 3. The summed E-state index contributed by atoms with van der Waals surface area (Å²) >= 11 is 0. The van der Waals surface area contributed by atoms with E-state index in [1.165, 1.54) is 12.0 Å². The first-order valence-corrected chi connectivity index (χ1v) is 6.95. The van der Waals surface area contributed by atoms with E-state index in [-0.39, 0.29) is 0 Å². The number of hydrogen-bond acceptors (Lipinski definition) is 4. The summed E-state index contributed by atoms with van der Waals surface area (Å²) in [5.41, 5.74) is 2.10. The van der Waals surface area contributed by atoms with E-state index in [4.69, 9.17) is 9.15 Å². The van der Waals surface area contributed by atoms with Gasteiger partial charge in [-0.25, -0.2) is 9.97 Å². The van der Waals surface area contributed by atoms with Crippen LogP contribution in [0, 0.1) is 0 Å². The van der Waals surface area contributed by atoms with Crippen LogP contribution in [0.5, 0.6) is 5.75 Å². The molecule has 0 radical (unpaired) electrons. The number of nitrogens with zero attached hydrogens (tertiary/aromatic N) is 3. The molecule has 5 nitrogen and oxygen atoms in total.